The molecule has 11 aliphatic rings. The lowest BCUT2D eigenvalue weighted by Crippen LogP contribution is -2.46. The van der Waals surface area contributed by atoms with Crippen molar-refractivity contribution < 1.29 is 4.74 Å². The first-order chi connectivity index (χ1) is 30.2. The molecule has 61 heavy (non-hydrogen) atoms. The smallest absolute Gasteiger partial charge is 0.124 e. The highest BCUT2D eigenvalue weighted by Crippen LogP contribution is 2.53. The number of nitrogens with zero attached hydrogens (tertiary/aromatic N) is 1. The molecule has 12 rings (SSSR count). The van der Waals surface area contributed by atoms with Gasteiger partial charge in [0.15, 0.2) is 0 Å². The Morgan fingerprint density at radius 2 is 1.48 bits per heavy atom. The summed E-state index contributed by atoms with van der Waals surface area (Å²) in [6, 6.07) is 7.49. The molecule has 0 bridgehead atoms. The lowest BCUT2D eigenvalue weighted by atomic mass is 9.72. The summed E-state index contributed by atoms with van der Waals surface area (Å²) in [5.74, 6) is 3.98. The maximum atomic E-state index is 6.63. The van der Waals surface area contributed by atoms with Gasteiger partial charge < -0.3 is 9.64 Å². The van der Waals surface area contributed by atoms with Crippen molar-refractivity contribution in [3.05, 3.63) is 221 Å². The van der Waals surface area contributed by atoms with E-state index >= 15 is 0 Å². The van der Waals surface area contributed by atoms with E-state index in [4.69, 9.17) is 4.74 Å². The molecular weight excluding hydrogens is 759 g/mol. The molecule has 0 amide bonds. The van der Waals surface area contributed by atoms with Crippen LogP contribution in [0.1, 0.15) is 62.5 Å². The fourth-order valence-corrected chi connectivity index (χ4v) is 13.6. The Labute approximate surface area is 367 Å². The predicted molar refractivity (Wildman–Crippen MR) is 255 cm³/mol. The second-order valence-corrected chi connectivity index (χ2v) is 19.7. The van der Waals surface area contributed by atoms with Crippen molar-refractivity contribution in [3.8, 4) is 0 Å². The van der Waals surface area contributed by atoms with Crippen LogP contribution in [0.3, 0.4) is 0 Å². The lowest BCUT2D eigenvalue weighted by Gasteiger charge is -2.44. The van der Waals surface area contributed by atoms with E-state index in [0.29, 0.717) is 40.8 Å². The van der Waals surface area contributed by atoms with Crippen LogP contribution >= 0.6 is 11.8 Å². The Hall–Kier alpha value is -5.25. The quantitative estimate of drug-likeness (QED) is 0.272. The third kappa shape index (κ3) is 6.70. The van der Waals surface area contributed by atoms with Crippen molar-refractivity contribution in [2.45, 2.75) is 79.7 Å². The first-order valence-electron chi connectivity index (χ1n) is 23.2. The predicted octanol–water partition coefficient (Wildman–Crippen LogP) is 13.8. The van der Waals surface area contributed by atoms with Crippen molar-refractivity contribution in [1.29, 1.82) is 0 Å². The highest BCUT2D eigenvalue weighted by Gasteiger charge is 2.43. The van der Waals surface area contributed by atoms with Crippen LogP contribution < -0.4 is 0 Å². The van der Waals surface area contributed by atoms with Gasteiger partial charge in [-0.15, -0.1) is 11.8 Å². The Balaban J connectivity index is 0.810. The first-order valence-corrected chi connectivity index (χ1v) is 24.1. The highest BCUT2D eigenvalue weighted by molar-refractivity contribution is 8.01. The van der Waals surface area contributed by atoms with Crippen molar-refractivity contribution in [2.24, 2.45) is 35.5 Å². The van der Waals surface area contributed by atoms with Gasteiger partial charge in [0, 0.05) is 40.2 Å². The summed E-state index contributed by atoms with van der Waals surface area (Å²) < 4.78 is 6.63. The average Bonchev–Trinajstić information content (AvgIpc) is 3.92. The van der Waals surface area contributed by atoms with Crippen LogP contribution in [-0.2, 0) is 4.74 Å². The maximum absolute atomic E-state index is 6.63. The largest absolute Gasteiger partial charge is 0.489 e. The number of allylic oxidation sites excluding steroid dienone is 27. The molecule has 9 unspecified atom stereocenters. The summed E-state index contributed by atoms with van der Waals surface area (Å²) in [7, 11) is 0. The Bertz CT molecular complexity index is 2560. The zero-order valence-electron chi connectivity index (χ0n) is 34.9. The molecule has 1 aromatic rings. The maximum Gasteiger partial charge on any atom is 0.124 e. The van der Waals surface area contributed by atoms with Gasteiger partial charge in [0.1, 0.15) is 11.9 Å². The minimum Gasteiger partial charge on any atom is -0.489 e. The molecule has 304 valence electrons. The molecule has 2 nitrogen and oxygen atoms in total. The van der Waals surface area contributed by atoms with Crippen LogP contribution in [0.25, 0.3) is 11.1 Å². The molecule has 3 heteroatoms. The number of benzene rings is 1. The van der Waals surface area contributed by atoms with E-state index in [1.807, 2.05) is 0 Å². The molecule has 0 radical (unpaired) electrons. The Kier molecular flexibility index (Phi) is 9.77. The number of fused-ring (bicyclic) bond motifs is 7. The van der Waals surface area contributed by atoms with E-state index in [2.05, 4.69) is 193 Å². The summed E-state index contributed by atoms with van der Waals surface area (Å²) in [4.78, 5) is 4.24. The SMILES string of the molecule is C1=CC2OC3=C(C4C=CC(C5C=CC(N(C6C=CC(C7C=CC=C8C=CCCC87)=CC6)C6C=CC=C7c8cccc(C9=CCCC=C9)c8S[C@@H]76)=CC5)=CC4)C=CCC3C2C=C1. The van der Waals surface area contributed by atoms with Crippen LogP contribution in [0.2, 0.25) is 0 Å². The molecule has 10 atom stereocenters. The minimum absolute atomic E-state index is 0.186. The van der Waals surface area contributed by atoms with E-state index in [9.17, 15) is 0 Å². The third-order valence-electron chi connectivity index (χ3n) is 15.2. The van der Waals surface area contributed by atoms with Crippen LogP contribution in [0.15, 0.2) is 215 Å². The summed E-state index contributed by atoms with van der Waals surface area (Å²) in [5.41, 5.74) is 12.9. The van der Waals surface area contributed by atoms with E-state index in [1.165, 1.54) is 73.8 Å². The second kappa shape index (κ2) is 15.9. The monoisotopic (exact) mass is 813 g/mol. The van der Waals surface area contributed by atoms with Gasteiger partial charge >= 0.3 is 0 Å². The third-order valence-corrected chi connectivity index (χ3v) is 16.6. The summed E-state index contributed by atoms with van der Waals surface area (Å²) in [6.07, 6.45) is 71.4. The fourth-order valence-electron chi connectivity index (χ4n) is 12.1. The van der Waals surface area contributed by atoms with Crippen molar-refractivity contribution in [1.82, 2.24) is 4.90 Å². The number of thioether (sulfide) groups is 1. The van der Waals surface area contributed by atoms with Gasteiger partial charge in [-0.1, -0.05) is 164 Å². The first kappa shape index (κ1) is 37.5. The van der Waals surface area contributed by atoms with Crippen molar-refractivity contribution in [3.63, 3.8) is 0 Å². The molecule has 2 aliphatic heterocycles. The molecule has 9 aliphatic carbocycles. The number of rotatable bonds is 7. The topological polar surface area (TPSA) is 12.5 Å². The summed E-state index contributed by atoms with van der Waals surface area (Å²) in [5, 5.41) is 0.327. The van der Waals surface area contributed by atoms with Crippen LogP contribution in [0, 0.1) is 35.5 Å². The van der Waals surface area contributed by atoms with Crippen LogP contribution in [0.5, 0.6) is 0 Å². The van der Waals surface area contributed by atoms with E-state index in [1.54, 1.807) is 0 Å². The van der Waals surface area contributed by atoms with Crippen LogP contribution in [0.4, 0.5) is 0 Å². The number of ether oxygens (including phenoxy) is 1. The molecular formula is C58H55NOS. The van der Waals surface area contributed by atoms with Gasteiger partial charge in [0.05, 0.1) is 17.3 Å². The summed E-state index contributed by atoms with van der Waals surface area (Å²) >= 11 is 2.10. The van der Waals surface area contributed by atoms with Gasteiger partial charge in [0.25, 0.3) is 0 Å². The Morgan fingerprint density at radius 1 is 0.607 bits per heavy atom. The molecule has 1 aromatic carbocycles. The zero-order chi connectivity index (χ0) is 40.3. The zero-order valence-corrected chi connectivity index (χ0v) is 35.8. The molecule has 0 aromatic heterocycles. The normalized spacial score (nSPS) is 34.6. The lowest BCUT2D eigenvalue weighted by molar-refractivity contribution is 0.181. The van der Waals surface area contributed by atoms with Gasteiger partial charge in [0.2, 0.25) is 0 Å². The summed E-state index contributed by atoms with van der Waals surface area (Å²) in [6.45, 7) is 0. The molecule has 0 saturated carbocycles. The van der Waals surface area contributed by atoms with Gasteiger partial charge in [-0.25, -0.2) is 0 Å². The molecule has 1 fully saturated rings. The van der Waals surface area contributed by atoms with Gasteiger partial charge in [-0.05, 0) is 114 Å². The fraction of sp³-hybridized carbons (Fsp3) is 0.310. The second-order valence-electron chi connectivity index (χ2n) is 18.5. The van der Waals surface area contributed by atoms with E-state index in [-0.39, 0.29) is 18.2 Å². The number of hydrogen-bond acceptors (Lipinski definition) is 3. The van der Waals surface area contributed by atoms with E-state index < -0.39 is 0 Å². The van der Waals surface area contributed by atoms with Crippen LogP contribution in [-0.4, -0.2) is 28.3 Å². The molecule has 0 N–H and O–H groups in total. The van der Waals surface area contributed by atoms with Gasteiger partial charge in [-0.2, -0.15) is 0 Å². The van der Waals surface area contributed by atoms with Crippen molar-refractivity contribution in [2.75, 3.05) is 0 Å². The minimum atomic E-state index is 0.186. The molecule has 2 heterocycles. The van der Waals surface area contributed by atoms with Gasteiger partial charge in [-0.3, -0.25) is 0 Å². The molecule has 0 spiro atoms. The molecule has 1 saturated heterocycles. The van der Waals surface area contributed by atoms with E-state index in [0.717, 1.165) is 38.5 Å². The highest BCUT2D eigenvalue weighted by atomic mass is 32.2. The number of hydrogen-bond donors (Lipinski definition) is 0. The van der Waals surface area contributed by atoms with Crippen molar-refractivity contribution >= 4 is 22.9 Å². The standard InChI is InChI=1S/C58H55NOS/c1-2-12-41(13-3-1)49-20-10-22-52-53-23-11-24-54(58(53)61-57(49)52)59(45-36-32-42(33-37-45)47-18-8-15-40-14-4-5-16-46(40)47)44-34-30-39(31-35-44)38-26-28-43(29-27-38)48-19-9-21-51-50-17-6-7-25-55(50)60-56(48)51/h2,4,6-15,17-20,22-28,30,32-36,39,43,45-47,50-51,54-55,58H,1,3,5,16,21,29,31,37H2/t39?,43?,45?,46?,47?,50?,51?,54?,55?,58-/m0/s1. The average molecular weight is 814 g/mol. The Morgan fingerprint density at radius 3 is 2.34 bits per heavy atom.